The number of rotatable bonds is 8. The van der Waals surface area contributed by atoms with Gasteiger partial charge in [-0.15, -0.1) is 0 Å². The molecule has 7 heteroatoms. The summed E-state index contributed by atoms with van der Waals surface area (Å²) in [7, 11) is -3.65. The number of carbonyl (C=O) groups is 1. The molecule has 1 aromatic rings. The molecule has 6 nitrogen and oxygen atoms in total. The van der Waals surface area contributed by atoms with E-state index in [1.54, 1.807) is 30.3 Å². The first kappa shape index (κ1) is 22.2. The Morgan fingerprint density at radius 2 is 1.86 bits per heavy atom. The lowest BCUT2D eigenvalue weighted by atomic mass is 10.0. The third-order valence-electron chi connectivity index (χ3n) is 6.05. The Balaban J connectivity index is 1.48. The van der Waals surface area contributed by atoms with Crippen molar-refractivity contribution in [3.8, 4) is 0 Å². The number of carbonyl (C=O) groups excluding carboxylic acids is 1. The summed E-state index contributed by atoms with van der Waals surface area (Å²) >= 11 is 0. The number of likely N-dealkylation sites (tertiary alicyclic amines) is 1. The molecule has 2 saturated heterocycles. The molecule has 1 N–H and O–H groups in total. The molecule has 0 spiro atoms. The van der Waals surface area contributed by atoms with E-state index in [0.29, 0.717) is 19.5 Å². The van der Waals surface area contributed by atoms with Gasteiger partial charge in [-0.2, -0.15) is 4.31 Å². The molecule has 2 aliphatic rings. The Hall–Kier alpha value is -1.44. The number of hydrogen-bond acceptors (Lipinski definition) is 4. The van der Waals surface area contributed by atoms with Gasteiger partial charge < -0.3 is 10.2 Å². The largest absolute Gasteiger partial charge is 0.355 e. The van der Waals surface area contributed by atoms with Crippen LogP contribution in [0.2, 0.25) is 0 Å². The van der Waals surface area contributed by atoms with Crippen LogP contribution in [0, 0.1) is 5.92 Å². The molecule has 162 valence electrons. The smallest absolute Gasteiger partial charge is 0.243 e. The zero-order valence-corrected chi connectivity index (χ0v) is 18.4. The summed E-state index contributed by atoms with van der Waals surface area (Å²) in [6.07, 6.45) is 6.86. The van der Waals surface area contributed by atoms with Gasteiger partial charge in [-0.1, -0.05) is 31.5 Å². The zero-order chi connectivity index (χ0) is 20.7. The van der Waals surface area contributed by atoms with Gasteiger partial charge in [-0.05, 0) is 69.7 Å². The van der Waals surface area contributed by atoms with Crippen LogP contribution in [0.5, 0.6) is 0 Å². The molecule has 0 bridgehead atoms. The quantitative estimate of drug-likeness (QED) is 0.656. The molecule has 0 saturated carbocycles. The minimum atomic E-state index is -3.65. The van der Waals surface area contributed by atoms with Gasteiger partial charge in [0.25, 0.3) is 0 Å². The minimum absolute atomic E-state index is 0.157. The molecule has 2 aliphatic heterocycles. The van der Waals surface area contributed by atoms with Gasteiger partial charge in [-0.3, -0.25) is 4.79 Å². The summed E-state index contributed by atoms with van der Waals surface area (Å²) in [6.45, 7) is 6.77. The third-order valence-corrected chi connectivity index (χ3v) is 7.97. The van der Waals surface area contributed by atoms with Crippen molar-refractivity contribution in [2.45, 2.75) is 62.8 Å². The van der Waals surface area contributed by atoms with Gasteiger partial charge >= 0.3 is 0 Å². The number of nitrogens with one attached hydrogen (secondary N) is 1. The molecule has 0 radical (unpaired) electrons. The molecule has 2 heterocycles. The standard InChI is InChI=1S/C22H35N3O3S/c1-19-10-9-16-24(18-19)15-8-6-14-23-22(26)21-13-5-7-17-25(21)29(27,28)20-11-3-2-4-12-20/h2-4,11-12,19,21H,5-10,13-18H2,1H3,(H,23,26). The van der Waals surface area contributed by atoms with Crippen LogP contribution in [0.4, 0.5) is 0 Å². The van der Waals surface area contributed by atoms with Gasteiger partial charge in [-0.25, -0.2) is 8.42 Å². The highest BCUT2D eigenvalue weighted by Gasteiger charge is 2.37. The monoisotopic (exact) mass is 421 g/mol. The normalized spacial score (nSPS) is 24.3. The van der Waals surface area contributed by atoms with E-state index < -0.39 is 16.1 Å². The molecule has 2 atom stereocenters. The number of amides is 1. The van der Waals surface area contributed by atoms with E-state index in [-0.39, 0.29) is 10.8 Å². The summed E-state index contributed by atoms with van der Waals surface area (Å²) in [5.41, 5.74) is 0. The van der Waals surface area contributed by atoms with Crippen LogP contribution < -0.4 is 5.32 Å². The second kappa shape index (κ2) is 10.5. The van der Waals surface area contributed by atoms with Crippen molar-refractivity contribution in [2.75, 3.05) is 32.7 Å². The number of nitrogens with zero attached hydrogens (tertiary/aromatic N) is 2. The van der Waals surface area contributed by atoms with Gasteiger partial charge in [0.05, 0.1) is 4.90 Å². The number of unbranched alkanes of at least 4 members (excludes halogenated alkanes) is 1. The summed E-state index contributed by atoms with van der Waals surface area (Å²) in [6, 6.07) is 7.83. The molecule has 1 aromatic carbocycles. The van der Waals surface area contributed by atoms with Crippen molar-refractivity contribution in [3.05, 3.63) is 30.3 Å². The van der Waals surface area contributed by atoms with Crippen molar-refractivity contribution >= 4 is 15.9 Å². The van der Waals surface area contributed by atoms with Gasteiger partial charge in [0.15, 0.2) is 0 Å². The molecule has 0 aromatic heterocycles. The number of piperidine rings is 2. The molecule has 2 unspecified atom stereocenters. The summed E-state index contributed by atoms with van der Waals surface area (Å²) in [5, 5.41) is 2.99. The summed E-state index contributed by atoms with van der Waals surface area (Å²) in [5.74, 6) is 0.628. The fourth-order valence-electron chi connectivity index (χ4n) is 4.46. The van der Waals surface area contributed by atoms with Crippen LogP contribution in [0.25, 0.3) is 0 Å². The lowest BCUT2D eigenvalue weighted by Crippen LogP contribution is -2.51. The first-order valence-electron chi connectivity index (χ1n) is 11.1. The van der Waals surface area contributed by atoms with Gasteiger partial charge in [0.2, 0.25) is 15.9 Å². The fraction of sp³-hybridized carbons (Fsp3) is 0.682. The Bertz CT molecular complexity index is 754. The molecule has 0 aliphatic carbocycles. The third kappa shape index (κ3) is 6.03. The van der Waals surface area contributed by atoms with Gasteiger partial charge in [0, 0.05) is 19.6 Å². The lowest BCUT2D eigenvalue weighted by Gasteiger charge is -2.33. The van der Waals surface area contributed by atoms with E-state index in [1.807, 2.05) is 0 Å². The van der Waals surface area contributed by atoms with E-state index in [1.165, 1.54) is 30.2 Å². The Morgan fingerprint density at radius 1 is 1.07 bits per heavy atom. The van der Waals surface area contributed by atoms with E-state index in [9.17, 15) is 13.2 Å². The van der Waals surface area contributed by atoms with Crippen molar-refractivity contribution in [1.29, 1.82) is 0 Å². The summed E-state index contributed by atoms with van der Waals surface area (Å²) in [4.78, 5) is 15.5. The fourth-order valence-corrected chi connectivity index (χ4v) is 6.14. The number of benzene rings is 1. The second-order valence-corrected chi connectivity index (χ2v) is 10.4. The molecule has 1 amide bonds. The van der Waals surface area contributed by atoms with Crippen LogP contribution in [-0.2, 0) is 14.8 Å². The number of sulfonamides is 1. The predicted molar refractivity (Wildman–Crippen MR) is 115 cm³/mol. The lowest BCUT2D eigenvalue weighted by molar-refractivity contribution is -0.125. The van der Waals surface area contributed by atoms with Crippen molar-refractivity contribution in [3.63, 3.8) is 0 Å². The van der Waals surface area contributed by atoms with E-state index in [2.05, 4.69) is 17.1 Å². The predicted octanol–water partition coefficient (Wildman–Crippen LogP) is 2.86. The topological polar surface area (TPSA) is 69.7 Å². The van der Waals surface area contributed by atoms with Crippen molar-refractivity contribution in [1.82, 2.24) is 14.5 Å². The van der Waals surface area contributed by atoms with E-state index in [4.69, 9.17) is 0 Å². The van der Waals surface area contributed by atoms with Crippen molar-refractivity contribution < 1.29 is 13.2 Å². The van der Waals surface area contributed by atoms with Crippen LogP contribution in [0.1, 0.15) is 51.9 Å². The van der Waals surface area contributed by atoms with Crippen LogP contribution in [0.3, 0.4) is 0 Å². The highest BCUT2D eigenvalue weighted by molar-refractivity contribution is 7.89. The molecule has 29 heavy (non-hydrogen) atoms. The maximum atomic E-state index is 13.0. The Labute approximate surface area is 175 Å². The number of hydrogen-bond donors (Lipinski definition) is 1. The maximum absolute atomic E-state index is 13.0. The first-order valence-corrected chi connectivity index (χ1v) is 12.5. The van der Waals surface area contributed by atoms with Crippen LogP contribution in [-0.4, -0.2) is 62.3 Å². The van der Waals surface area contributed by atoms with Crippen LogP contribution in [0.15, 0.2) is 35.2 Å². The minimum Gasteiger partial charge on any atom is -0.355 e. The van der Waals surface area contributed by atoms with Gasteiger partial charge in [0.1, 0.15) is 6.04 Å². The highest BCUT2D eigenvalue weighted by atomic mass is 32.2. The molecular formula is C22H35N3O3S. The summed E-state index contributed by atoms with van der Waals surface area (Å²) < 4.78 is 27.4. The highest BCUT2D eigenvalue weighted by Crippen LogP contribution is 2.25. The molecule has 2 fully saturated rings. The first-order chi connectivity index (χ1) is 14.0. The Morgan fingerprint density at radius 3 is 2.62 bits per heavy atom. The second-order valence-electron chi connectivity index (χ2n) is 8.49. The van der Waals surface area contributed by atoms with E-state index >= 15 is 0 Å². The SMILES string of the molecule is CC1CCCN(CCCCNC(=O)C2CCCCN2S(=O)(=O)c2ccccc2)C1. The molecular weight excluding hydrogens is 386 g/mol. The van der Waals surface area contributed by atoms with Crippen molar-refractivity contribution in [2.24, 2.45) is 5.92 Å². The van der Waals surface area contributed by atoms with Crippen LogP contribution >= 0.6 is 0 Å². The maximum Gasteiger partial charge on any atom is 0.243 e. The average Bonchev–Trinajstić information content (AvgIpc) is 2.74. The van der Waals surface area contributed by atoms with E-state index in [0.717, 1.165) is 38.1 Å². The molecule has 3 rings (SSSR count). The zero-order valence-electron chi connectivity index (χ0n) is 17.6. The Kier molecular flexibility index (Phi) is 8.09. The average molecular weight is 422 g/mol.